The highest BCUT2D eigenvalue weighted by molar-refractivity contribution is 5.41. The maximum atomic E-state index is 12.5. The highest BCUT2D eigenvalue weighted by atomic mass is 19.3. The molecule has 0 amide bonds. The third kappa shape index (κ3) is 2.32. The minimum Gasteiger partial charge on any atom is -0.507 e. The van der Waals surface area contributed by atoms with Crippen LogP contribution in [0, 0.1) is 0 Å². The molecule has 1 saturated heterocycles. The van der Waals surface area contributed by atoms with Crippen LogP contribution in [0.5, 0.6) is 5.75 Å². The zero-order chi connectivity index (χ0) is 11.5. The Labute approximate surface area is 93.3 Å². The summed E-state index contributed by atoms with van der Waals surface area (Å²) in [5.41, 5.74) is 0.340. The summed E-state index contributed by atoms with van der Waals surface area (Å²) in [7, 11) is 0. The van der Waals surface area contributed by atoms with Crippen molar-refractivity contribution in [2.75, 3.05) is 6.54 Å². The van der Waals surface area contributed by atoms with Crippen molar-refractivity contribution in [3.05, 3.63) is 29.3 Å². The smallest absolute Gasteiger partial charge is 0.267 e. The van der Waals surface area contributed by atoms with Crippen molar-refractivity contribution in [1.29, 1.82) is 0 Å². The zero-order valence-corrected chi connectivity index (χ0v) is 8.92. The number of aromatic hydroxyl groups is 1. The van der Waals surface area contributed by atoms with E-state index in [4.69, 9.17) is 0 Å². The number of rotatable bonds is 3. The van der Waals surface area contributed by atoms with E-state index < -0.39 is 6.43 Å². The summed E-state index contributed by atoms with van der Waals surface area (Å²) in [4.78, 5) is 0. The van der Waals surface area contributed by atoms with E-state index in [0.29, 0.717) is 18.0 Å². The second kappa shape index (κ2) is 4.78. The molecule has 0 aliphatic carbocycles. The van der Waals surface area contributed by atoms with Crippen molar-refractivity contribution in [3.63, 3.8) is 0 Å². The molecule has 1 heterocycles. The lowest BCUT2D eigenvalue weighted by Gasteiger charge is -2.13. The fraction of sp³-hybridized carbons (Fsp3) is 0.500. The van der Waals surface area contributed by atoms with E-state index in [1.54, 1.807) is 12.1 Å². The number of hydrogen-bond acceptors (Lipinski definition) is 2. The Morgan fingerprint density at radius 1 is 1.44 bits per heavy atom. The molecule has 0 radical (unpaired) electrons. The number of hydrogen-bond donors (Lipinski definition) is 2. The fourth-order valence-corrected chi connectivity index (χ4v) is 2.15. The summed E-state index contributed by atoms with van der Waals surface area (Å²) in [5, 5.41) is 13.0. The zero-order valence-electron chi connectivity index (χ0n) is 8.92. The first kappa shape index (κ1) is 11.3. The Morgan fingerprint density at radius 3 is 2.88 bits per heavy atom. The van der Waals surface area contributed by atoms with Gasteiger partial charge in [0.2, 0.25) is 0 Å². The molecule has 1 aromatic rings. The number of alkyl halides is 2. The van der Waals surface area contributed by atoms with E-state index in [0.717, 1.165) is 19.4 Å². The molecule has 0 bridgehead atoms. The minimum absolute atomic E-state index is 0.244. The van der Waals surface area contributed by atoms with Gasteiger partial charge in [-0.05, 0) is 37.4 Å². The molecule has 1 unspecified atom stereocenters. The molecule has 1 aliphatic heterocycles. The third-order valence-corrected chi connectivity index (χ3v) is 3.01. The van der Waals surface area contributed by atoms with Crippen molar-refractivity contribution in [2.24, 2.45) is 0 Å². The first-order valence-electron chi connectivity index (χ1n) is 5.51. The quantitative estimate of drug-likeness (QED) is 0.832. The summed E-state index contributed by atoms with van der Waals surface area (Å²) in [6.45, 7) is 0.972. The van der Waals surface area contributed by atoms with Gasteiger partial charge in [0.1, 0.15) is 5.75 Å². The highest BCUT2D eigenvalue weighted by Gasteiger charge is 2.19. The summed E-state index contributed by atoms with van der Waals surface area (Å²) < 4.78 is 25.1. The van der Waals surface area contributed by atoms with E-state index in [2.05, 4.69) is 5.32 Å². The standard InChI is InChI=1S/C12H15F2NO/c13-12(14)10-5-1-3-8(11(10)16)7-9-4-2-6-15-9/h1,3,5,9,12,15-16H,2,4,6-7H2. The summed E-state index contributed by atoms with van der Waals surface area (Å²) in [6, 6.07) is 4.86. The van der Waals surface area contributed by atoms with E-state index in [1.165, 1.54) is 6.07 Å². The van der Waals surface area contributed by atoms with Gasteiger partial charge in [0.15, 0.2) is 0 Å². The monoisotopic (exact) mass is 227 g/mol. The first-order valence-corrected chi connectivity index (χ1v) is 5.51. The van der Waals surface area contributed by atoms with Gasteiger partial charge in [0.25, 0.3) is 6.43 Å². The molecule has 1 aliphatic rings. The average molecular weight is 227 g/mol. The van der Waals surface area contributed by atoms with Gasteiger partial charge in [-0.2, -0.15) is 0 Å². The third-order valence-electron chi connectivity index (χ3n) is 3.01. The normalized spacial score (nSPS) is 20.6. The Morgan fingerprint density at radius 2 is 2.25 bits per heavy atom. The fourth-order valence-electron chi connectivity index (χ4n) is 2.15. The first-order chi connectivity index (χ1) is 7.68. The summed E-state index contributed by atoms with van der Waals surface area (Å²) in [5.74, 6) is -0.244. The summed E-state index contributed by atoms with van der Waals surface area (Å²) in [6.07, 6.45) is 0.154. The molecule has 0 saturated carbocycles. The van der Waals surface area contributed by atoms with Crippen LogP contribution in [0.2, 0.25) is 0 Å². The lowest BCUT2D eigenvalue weighted by atomic mass is 10.0. The van der Waals surface area contributed by atoms with Crippen LogP contribution in [-0.2, 0) is 6.42 Å². The highest BCUT2D eigenvalue weighted by Crippen LogP contribution is 2.32. The predicted octanol–water partition coefficient (Wildman–Crippen LogP) is 2.62. The Balaban J connectivity index is 2.17. The van der Waals surface area contributed by atoms with Crippen molar-refractivity contribution >= 4 is 0 Å². The average Bonchev–Trinajstić information content (AvgIpc) is 2.73. The van der Waals surface area contributed by atoms with Crippen molar-refractivity contribution in [3.8, 4) is 5.75 Å². The van der Waals surface area contributed by atoms with Crippen LogP contribution >= 0.6 is 0 Å². The molecule has 0 spiro atoms. The Kier molecular flexibility index (Phi) is 3.39. The molecule has 88 valence electrons. The number of halogens is 2. The lowest BCUT2D eigenvalue weighted by Crippen LogP contribution is -2.23. The molecule has 0 aromatic heterocycles. The van der Waals surface area contributed by atoms with E-state index in [9.17, 15) is 13.9 Å². The summed E-state index contributed by atoms with van der Waals surface area (Å²) >= 11 is 0. The molecular formula is C12H15F2NO. The van der Waals surface area contributed by atoms with Gasteiger partial charge < -0.3 is 10.4 Å². The number of benzene rings is 1. The number of para-hydroxylation sites is 1. The second-order valence-electron chi connectivity index (χ2n) is 4.15. The second-order valence-corrected chi connectivity index (χ2v) is 4.15. The van der Waals surface area contributed by atoms with E-state index in [-0.39, 0.29) is 11.3 Å². The molecular weight excluding hydrogens is 212 g/mol. The van der Waals surface area contributed by atoms with Gasteiger partial charge in [0, 0.05) is 6.04 Å². The van der Waals surface area contributed by atoms with Gasteiger partial charge >= 0.3 is 0 Å². The van der Waals surface area contributed by atoms with Crippen LogP contribution in [0.25, 0.3) is 0 Å². The Hall–Kier alpha value is -1.16. The number of nitrogens with one attached hydrogen (secondary N) is 1. The van der Waals surface area contributed by atoms with Crippen LogP contribution in [0.3, 0.4) is 0 Å². The van der Waals surface area contributed by atoms with Crippen LogP contribution in [-0.4, -0.2) is 17.7 Å². The maximum Gasteiger partial charge on any atom is 0.267 e. The number of phenols is 1. The van der Waals surface area contributed by atoms with Gasteiger partial charge in [-0.3, -0.25) is 0 Å². The lowest BCUT2D eigenvalue weighted by molar-refractivity contribution is 0.147. The Bertz CT molecular complexity index is 362. The molecule has 4 heteroatoms. The molecule has 2 nitrogen and oxygen atoms in total. The SMILES string of the molecule is Oc1c(CC2CCCN2)cccc1C(F)F. The number of phenolic OH excluding ortho intramolecular Hbond substituents is 1. The van der Waals surface area contributed by atoms with Crippen LogP contribution < -0.4 is 5.32 Å². The molecule has 1 fully saturated rings. The van der Waals surface area contributed by atoms with Gasteiger partial charge in [-0.15, -0.1) is 0 Å². The molecule has 1 atom stereocenters. The van der Waals surface area contributed by atoms with Crippen molar-refractivity contribution < 1.29 is 13.9 Å². The molecule has 2 N–H and O–H groups in total. The van der Waals surface area contributed by atoms with Crippen LogP contribution in [0.4, 0.5) is 8.78 Å². The van der Waals surface area contributed by atoms with Gasteiger partial charge in [-0.25, -0.2) is 8.78 Å². The van der Waals surface area contributed by atoms with Crippen LogP contribution in [0.1, 0.15) is 30.4 Å². The van der Waals surface area contributed by atoms with Gasteiger partial charge in [0.05, 0.1) is 5.56 Å². The molecule has 1 aromatic carbocycles. The topological polar surface area (TPSA) is 32.3 Å². The minimum atomic E-state index is -2.61. The van der Waals surface area contributed by atoms with E-state index >= 15 is 0 Å². The molecule has 2 rings (SSSR count). The van der Waals surface area contributed by atoms with Gasteiger partial charge in [-0.1, -0.05) is 12.1 Å². The molecule has 16 heavy (non-hydrogen) atoms. The van der Waals surface area contributed by atoms with Crippen molar-refractivity contribution in [2.45, 2.75) is 31.7 Å². The van der Waals surface area contributed by atoms with Crippen molar-refractivity contribution in [1.82, 2.24) is 5.32 Å². The maximum absolute atomic E-state index is 12.5. The predicted molar refractivity (Wildman–Crippen MR) is 57.8 cm³/mol. The van der Waals surface area contributed by atoms with Crippen LogP contribution in [0.15, 0.2) is 18.2 Å². The van der Waals surface area contributed by atoms with E-state index in [1.807, 2.05) is 0 Å². The largest absolute Gasteiger partial charge is 0.507 e.